The summed E-state index contributed by atoms with van der Waals surface area (Å²) in [6, 6.07) is 0. The largest absolute Gasteiger partial charge is 0.303 e. The van der Waals surface area contributed by atoms with E-state index in [1.807, 2.05) is 0 Å². The van der Waals surface area contributed by atoms with Gasteiger partial charge in [-0.15, -0.1) is 0 Å². The lowest BCUT2D eigenvalue weighted by Gasteiger charge is -2.37. The van der Waals surface area contributed by atoms with Crippen molar-refractivity contribution in [3.05, 3.63) is 0 Å². The number of hydrogen-bond acceptors (Lipinski definition) is 1. The minimum absolute atomic E-state index is 0.509. The van der Waals surface area contributed by atoms with Crippen LogP contribution in [-0.2, 0) is 0 Å². The van der Waals surface area contributed by atoms with Crippen LogP contribution in [-0.4, -0.2) is 24.5 Å². The quantitative estimate of drug-likeness (QED) is 0.643. The maximum atomic E-state index is 2.66. The summed E-state index contributed by atoms with van der Waals surface area (Å²) in [7, 11) is 0. The van der Waals surface area contributed by atoms with E-state index < -0.39 is 0 Å². The van der Waals surface area contributed by atoms with Crippen LogP contribution in [0.2, 0.25) is 0 Å². The van der Waals surface area contributed by atoms with Gasteiger partial charge in [-0.05, 0) is 37.3 Å². The van der Waals surface area contributed by atoms with E-state index in [1.54, 1.807) is 0 Å². The van der Waals surface area contributed by atoms with E-state index in [4.69, 9.17) is 0 Å². The zero-order valence-electron chi connectivity index (χ0n) is 11.2. The summed E-state index contributed by atoms with van der Waals surface area (Å²) in [5.74, 6) is 0.906. The molecule has 1 rings (SSSR count). The molecular weight excluding hydrogens is 182 g/mol. The second-order valence-electron chi connectivity index (χ2n) is 5.87. The van der Waals surface area contributed by atoms with E-state index in [0.717, 1.165) is 5.92 Å². The fourth-order valence-corrected chi connectivity index (χ4v) is 3.14. The van der Waals surface area contributed by atoms with Gasteiger partial charge < -0.3 is 4.90 Å². The van der Waals surface area contributed by atoms with Crippen molar-refractivity contribution in [3.8, 4) is 0 Å². The first-order valence-electron chi connectivity index (χ1n) is 6.82. The first-order valence-corrected chi connectivity index (χ1v) is 6.82. The van der Waals surface area contributed by atoms with Crippen LogP contribution in [0.25, 0.3) is 0 Å². The Bertz CT molecular complexity index is 168. The molecule has 0 bridgehead atoms. The van der Waals surface area contributed by atoms with E-state index in [1.165, 1.54) is 51.7 Å². The predicted molar refractivity (Wildman–Crippen MR) is 68.1 cm³/mol. The zero-order chi connectivity index (χ0) is 11.3. The Morgan fingerprint density at radius 3 is 2.20 bits per heavy atom. The molecule has 1 nitrogen and oxygen atoms in total. The lowest BCUT2D eigenvalue weighted by Crippen LogP contribution is -2.37. The Labute approximate surface area is 96.2 Å². The molecule has 1 aliphatic rings. The highest BCUT2D eigenvalue weighted by Crippen LogP contribution is 2.34. The van der Waals surface area contributed by atoms with Gasteiger partial charge in [0.2, 0.25) is 0 Å². The van der Waals surface area contributed by atoms with Crippen LogP contribution >= 0.6 is 0 Å². The summed E-state index contributed by atoms with van der Waals surface area (Å²) in [5, 5.41) is 0. The van der Waals surface area contributed by atoms with E-state index in [9.17, 15) is 0 Å². The molecule has 1 saturated heterocycles. The smallest absolute Gasteiger partial charge is 0.00353 e. The van der Waals surface area contributed by atoms with Gasteiger partial charge in [-0.3, -0.25) is 0 Å². The minimum Gasteiger partial charge on any atom is -0.303 e. The summed E-state index contributed by atoms with van der Waals surface area (Å²) in [6.45, 7) is 13.6. The van der Waals surface area contributed by atoms with E-state index >= 15 is 0 Å². The Balaban J connectivity index is 2.46. The van der Waals surface area contributed by atoms with Crippen molar-refractivity contribution < 1.29 is 0 Å². The van der Waals surface area contributed by atoms with E-state index in [-0.39, 0.29) is 0 Å². The fourth-order valence-electron chi connectivity index (χ4n) is 3.14. The molecule has 1 heterocycles. The molecule has 0 saturated carbocycles. The van der Waals surface area contributed by atoms with Crippen LogP contribution < -0.4 is 0 Å². The topological polar surface area (TPSA) is 3.24 Å². The summed E-state index contributed by atoms with van der Waals surface area (Å²) in [4.78, 5) is 2.66. The molecule has 90 valence electrons. The van der Waals surface area contributed by atoms with Gasteiger partial charge in [0, 0.05) is 6.54 Å². The van der Waals surface area contributed by atoms with Gasteiger partial charge in [0.1, 0.15) is 0 Å². The number of nitrogens with zero attached hydrogens (tertiary/aromatic N) is 1. The van der Waals surface area contributed by atoms with Crippen LogP contribution in [0.5, 0.6) is 0 Å². The molecule has 0 aromatic carbocycles. The monoisotopic (exact) mass is 211 g/mol. The van der Waals surface area contributed by atoms with Crippen molar-refractivity contribution in [2.24, 2.45) is 11.3 Å². The second kappa shape index (κ2) is 5.89. The van der Waals surface area contributed by atoms with Crippen LogP contribution in [0.1, 0.15) is 59.8 Å². The van der Waals surface area contributed by atoms with E-state index in [2.05, 4.69) is 32.6 Å². The molecule has 1 fully saturated rings. The Kier molecular flexibility index (Phi) is 5.11. The molecule has 1 aliphatic heterocycles. The number of rotatable bonds is 6. The summed E-state index contributed by atoms with van der Waals surface area (Å²) >= 11 is 0. The third-order valence-electron chi connectivity index (χ3n) is 4.06. The molecular formula is C14H29N. The molecule has 1 heteroatoms. The van der Waals surface area contributed by atoms with Crippen LogP contribution in [0, 0.1) is 11.3 Å². The standard InChI is InChI=1S/C14H29N/c1-5-9-13(6-2)14(3,4)12-15-10-7-8-11-15/h13H,5-12H2,1-4H3. The molecule has 0 aromatic rings. The van der Waals surface area contributed by atoms with Gasteiger partial charge in [0.15, 0.2) is 0 Å². The average molecular weight is 211 g/mol. The van der Waals surface area contributed by atoms with Crippen molar-refractivity contribution in [2.45, 2.75) is 59.8 Å². The number of likely N-dealkylation sites (tertiary alicyclic amines) is 1. The predicted octanol–water partition coefficient (Wildman–Crippen LogP) is 3.93. The summed E-state index contributed by atoms with van der Waals surface area (Å²) in [5.41, 5.74) is 0.509. The van der Waals surface area contributed by atoms with Crippen molar-refractivity contribution >= 4 is 0 Å². The summed E-state index contributed by atoms with van der Waals surface area (Å²) in [6.07, 6.45) is 6.91. The van der Waals surface area contributed by atoms with Gasteiger partial charge in [0.25, 0.3) is 0 Å². The first-order chi connectivity index (χ1) is 7.10. The van der Waals surface area contributed by atoms with Gasteiger partial charge in [-0.1, -0.05) is 47.0 Å². The molecule has 15 heavy (non-hydrogen) atoms. The third-order valence-corrected chi connectivity index (χ3v) is 4.06. The zero-order valence-corrected chi connectivity index (χ0v) is 11.2. The molecule has 1 unspecified atom stereocenters. The van der Waals surface area contributed by atoms with Crippen LogP contribution in [0.4, 0.5) is 0 Å². The Morgan fingerprint density at radius 2 is 1.73 bits per heavy atom. The van der Waals surface area contributed by atoms with Gasteiger partial charge in [-0.2, -0.15) is 0 Å². The summed E-state index contributed by atoms with van der Waals surface area (Å²) < 4.78 is 0. The minimum atomic E-state index is 0.509. The SMILES string of the molecule is CCCC(CC)C(C)(C)CN1CCCC1. The van der Waals surface area contributed by atoms with Gasteiger partial charge in [-0.25, -0.2) is 0 Å². The van der Waals surface area contributed by atoms with Crippen LogP contribution in [0.3, 0.4) is 0 Å². The molecule has 0 N–H and O–H groups in total. The molecule has 1 atom stereocenters. The van der Waals surface area contributed by atoms with Gasteiger partial charge in [0.05, 0.1) is 0 Å². The van der Waals surface area contributed by atoms with E-state index in [0.29, 0.717) is 5.41 Å². The highest BCUT2D eigenvalue weighted by molar-refractivity contribution is 4.82. The highest BCUT2D eigenvalue weighted by atomic mass is 15.1. The van der Waals surface area contributed by atoms with Crippen molar-refractivity contribution in [3.63, 3.8) is 0 Å². The van der Waals surface area contributed by atoms with Crippen molar-refractivity contribution in [2.75, 3.05) is 19.6 Å². The Hall–Kier alpha value is -0.0400. The molecule has 0 amide bonds. The molecule has 0 radical (unpaired) electrons. The lowest BCUT2D eigenvalue weighted by atomic mass is 9.74. The fraction of sp³-hybridized carbons (Fsp3) is 1.00. The normalized spacial score (nSPS) is 20.8. The molecule has 0 spiro atoms. The van der Waals surface area contributed by atoms with Crippen molar-refractivity contribution in [1.29, 1.82) is 0 Å². The van der Waals surface area contributed by atoms with Crippen molar-refractivity contribution in [1.82, 2.24) is 4.90 Å². The molecule has 0 aliphatic carbocycles. The maximum Gasteiger partial charge on any atom is 0.00353 e. The Morgan fingerprint density at radius 1 is 1.13 bits per heavy atom. The third kappa shape index (κ3) is 3.79. The molecule has 0 aromatic heterocycles. The maximum absolute atomic E-state index is 2.66. The lowest BCUT2D eigenvalue weighted by molar-refractivity contribution is 0.124. The van der Waals surface area contributed by atoms with Gasteiger partial charge >= 0.3 is 0 Å². The number of hydrogen-bond donors (Lipinski definition) is 0. The average Bonchev–Trinajstić information content (AvgIpc) is 2.65. The van der Waals surface area contributed by atoms with Crippen LogP contribution in [0.15, 0.2) is 0 Å². The first kappa shape index (κ1) is 13.0. The second-order valence-corrected chi connectivity index (χ2v) is 5.87. The highest BCUT2D eigenvalue weighted by Gasteiger charge is 2.30.